The zero-order valence-electron chi connectivity index (χ0n) is 8.89. The molecular formula is C11H16N2O2S. The van der Waals surface area contributed by atoms with E-state index in [1.807, 2.05) is 24.3 Å². The summed E-state index contributed by atoms with van der Waals surface area (Å²) in [5.41, 5.74) is 7.34. The Hall–Kier alpha value is -1.20. The first-order chi connectivity index (χ1) is 7.63. The summed E-state index contributed by atoms with van der Waals surface area (Å²) in [4.78, 5) is 10.6. The lowest BCUT2D eigenvalue weighted by molar-refractivity contribution is -0.138. The van der Waals surface area contributed by atoms with Crippen LogP contribution in [0.4, 0.5) is 5.69 Å². The van der Waals surface area contributed by atoms with Gasteiger partial charge in [0.15, 0.2) is 0 Å². The number of rotatable bonds is 6. The van der Waals surface area contributed by atoms with Gasteiger partial charge in [-0.3, -0.25) is 4.79 Å². The van der Waals surface area contributed by atoms with E-state index in [1.54, 1.807) is 0 Å². The van der Waals surface area contributed by atoms with Crippen molar-refractivity contribution in [2.75, 3.05) is 17.6 Å². The fourth-order valence-corrected chi connectivity index (χ4v) is 1.46. The lowest BCUT2D eigenvalue weighted by atomic mass is 10.1. The van der Waals surface area contributed by atoms with Gasteiger partial charge in [-0.25, -0.2) is 0 Å². The molecule has 4 nitrogen and oxygen atoms in total. The molecular weight excluding hydrogens is 224 g/mol. The molecule has 0 spiro atoms. The van der Waals surface area contributed by atoms with Gasteiger partial charge in [0, 0.05) is 18.0 Å². The van der Waals surface area contributed by atoms with E-state index in [-0.39, 0.29) is 0 Å². The molecule has 1 rings (SSSR count). The Balaban J connectivity index is 2.63. The maximum absolute atomic E-state index is 10.6. The summed E-state index contributed by atoms with van der Waals surface area (Å²) >= 11 is 4.10. The Morgan fingerprint density at radius 2 is 2.31 bits per heavy atom. The van der Waals surface area contributed by atoms with Crippen LogP contribution in [-0.2, 0) is 11.2 Å². The molecule has 0 aromatic heterocycles. The minimum atomic E-state index is -0.978. The van der Waals surface area contributed by atoms with Crippen LogP contribution < -0.4 is 11.1 Å². The highest BCUT2D eigenvalue weighted by molar-refractivity contribution is 7.80. The molecule has 0 saturated carbocycles. The molecule has 4 N–H and O–H groups in total. The third-order valence-corrected chi connectivity index (χ3v) is 2.36. The van der Waals surface area contributed by atoms with Crippen molar-refractivity contribution in [2.45, 2.75) is 12.5 Å². The summed E-state index contributed by atoms with van der Waals surface area (Å²) in [6.07, 6.45) is 0.339. The summed E-state index contributed by atoms with van der Waals surface area (Å²) < 4.78 is 0. The van der Waals surface area contributed by atoms with Gasteiger partial charge in [0.2, 0.25) is 0 Å². The number of hydrogen-bond donors (Lipinski definition) is 4. The molecule has 1 aromatic carbocycles. The molecule has 0 radical (unpaired) electrons. The molecule has 0 aliphatic carbocycles. The first kappa shape index (κ1) is 12.9. The van der Waals surface area contributed by atoms with E-state index < -0.39 is 12.0 Å². The van der Waals surface area contributed by atoms with E-state index in [1.165, 1.54) is 0 Å². The normalized spacial score (nSPS) is 12.1. The van der Waals surface area contributed by atoms with Crippen LogP contribution in [-0.4, -0.2) is 29.4 Å². The molecule has 0 fully saturated rings. The number of carboxylic acid groups (broad SMARTS) is 1. The summed E-state index contributed by atoms with van der Waals surface area (Å²) in [6.45, 7) is 0.775. The maximum atomic E-state index is 10.6. The second kappa shape index (κ2) is 6.40. The summed E-state index contributed by atoms with van der Waals surface area (Å²) in [5.74, 6) is -0.229. The minimum Gasteiger partial charge on any atom is -0.480 e. The van der Waals surface area contributed by atoms with Gasteiger partial charge in [-0.2, -0.15) is 12.6 Å². The van der Waals surface area contributed by atoms with Gasteiger partial charge in [-0.1, -0.05) is 12.1 Å². The average molecular weight is 240 g/mol. The summed E-state index contributed by atoms with van der Waals surface area (Å²) in [7, 11) is 0. The van der Waals surface area contributed by atoms with E-state index in [9.17, 15) is 4.79 Å². The fraction of sp³-hybridized carbons (Fsp3) is 0.364. The van der Waals surface area contributed by atoms with Crippen molar-refractivity contribution in [1.29, 1.82) is 0 Å². The molecule has 1 aromatic rings. The Labute approximate surface area is 100 Å². The predicted octanol–water partition coefficient (Wildman–Crippen LogP) is 0.983. The second-order valence-corrected chi connectivity index (χ2v) is 3.95. The van der Waals surface area contributed by atoms with Gasteiger partial charge >= 0.3 is 5.97 Å². The Kier molecular flexibility index (Phi) is 5.14. The summed E-state index contributed by atoms with van der Waals surface area (Å²) in [5, 5.41) is 11.9. The van der Waals surface area contributed by atoms with Crippen LogP contribution >= 0.6 is 12.6 Å². The van der Waals surface area contributed by atoms with Gasteiger partial charge < -0.3 is 16.2 Å². The minimum absolute atomic E-state index is 0.339. The van der Waals surface area contributed by atoms with Crippen molar-refractivity contribution in [1.82, 2.24) is 0 Å². The third-order valence-electron chi connectivity index (χ3n) is 2.14. The molecule has 1 unspecified atom stereocenters. The molecule has 0 aliphatic rings. The molecule has 0 bridgehead atoms. The lowest BCUT2D eigenvalue weighted by Crippen LogP contribution is -2.32. The Morgan fingerprint density at radius 1 is 1.56 bits per heavy atom. The maximum Gasteiger partial charge on any atom is 0.320 e. The zero-order chi connectivity index (χ0) is 12.0. The third kappa shape index (κ3) is 4.12. The molecule has 16 heavy (non-hydrogen) atoms. The first-order valence-electron chi connectivity index (χ1n) is 5.05. The zero-order valence-corrected chi connectivity index (χ0v) is 9.78. The highest BCUT2D eigenvalue weighted by Crippen LogP contribution is 2.11. The topological polar surface area (TPSA) is 75.3 Å². The van der Waals surface area contributed by atoms with Crippen molar-refractivity contribution in [3.05, 3.63) is 29.8 Å². The Bertz CT molecular complexity index is 358. The van der Waals surface area contributed by atoms with Crippen LogP contribution in [0.3, 0.4) is 0 Å². The number of anilines is 1. The summed E-state index contributed by atoms with van der Waals surface area (Å²) in [6, 6.07) is 6.74. The molecule has 1 atom stereocenters. The lowest BCUT2D eigenvalue weighted by Gasteiger charge is -2.09. The van der Waals surface area contributed by atoms with Crippen molar-refractivity contribution >= 4 is 24.3 Å². The van der Waals surface area contributed by atoms with Crippen LogP contribution in [0.15, 0.2) is 24.3 Å². The number of carboxylic acids is 1. The largest absolute Gasteiger partial charge is 0.480 e. The van der Waals surface area contributed by atoms with Crippen LogP contribution in [0.1, 0.15) is 5.56 Å². The number of thiol groups is 1. The smallest absolute Gasteiger partial charge is 0.320 e. The van der Waals surface area contributed by atoms with Gasteiger partial charge in [0.25, 0.3) is 0 Å². The number of benzene rings is 1. The van der Waals surface area contributed by atoms with Crippen LogP contribution in [0, 0.1) is 0 Å². The predicted molar refractivity (Wildman–Crippen MR) is 68.1 cm³/mol. The van der Waals surface area contributed by atoms with Crippen molar-refractivity contribution in [3.63, 3.8) is 0 Å². The molecule has 5 heteroatoms. The average Bonchev–Trinajstić information content (AvgIpc) is 2.26. The van der Waals surface area contributed by atoms with Gasteiger partial charge in [0.05, 0.1) is 0 Å². The van der Waals surface area contributed by atoms with Crippen molar-refractivity contribution in [3.8, 4) is 0 Å². The Morgan fingerprint density at radius 3 is 2.94 bits per heavy atom. The van der Waals surface area contributed by atoms with Crippen LogP contribution in [0.5, 0.6) is 0 Å². The van der Waals surface area contributed by atoms with E-state index in [2.05, 4.69) is 17.9 Å². The van der Waals surface area contributed by atoms with E-state index in [0.29, 0.717) is 6.42 Å². The second-order valence-electron chi connectivity index (χ2n) is 3.50. The highest BCUT2D eigenvalue weighted by atomic mass is 32.1. The van der Waals surface area contributed by atoms with E-state index in [4.69, 9.17) is 10.8 Å². The van der Waals surface area contributed by atoms with Crippen LogP contribution in [0.2, 0.25) is 0 Å². The molecule has 0 saturated heterocycles. The molecule has 88 valence electrons. The fourth-order valence-electron chi connectivity index (χ4n) is 1.35. The number of carbonyl (C=O) groups is 1. The standard InChI is InChI=1S/C11H16N2O2S/c12-10(11(14)15)7-8-2-1-3-9(6-8)13-4-5-16/h1-3,6,10,13,16H,4-5,7,12H2,(H,14,15). The number of hydrogen-bond acceptors (Lipinski definition) is 4. The van der Waals surface area contributed by atoms with Gasteiger partial charge in [-0.15, -0.1) is 0 Å². The van der Waals surface area contributed by atoms with E-state index in [0.717, 1.165) is 23.5 Å². The molecule has 0 aliphatic heterocycles. The molecule has 0 amide bonds. The monoisotopic (exact) mass is 240 g/mol. The SMILES string of the molecule is NC(Cc1cccc(NCCS)c1)C(=O)O. The number of nitrogens with one attached hydrogen (secondary N) is 1. The van der Waals surface area contributed by atoms with Crippen LogP contribution in [0.25, 0.3) is 0 Å². The van der Waals surface area contributed by atoms with E-state index >= 15 is 0 Å². The quantitative estimate of drug-likeness (QED) is 0.559. The van der Waals surface area contributed by atoms with Gasteiger partial charge in [0.1, 0.15) is 6.04 Å². The first-order valence-corrected chi connectivity index (χ1v) is 5.69. The van der Waals surface area contributed by atoms with Crippen molar-refractivity contribution < 1.29 is 9.90 Å². The highest BCUT2D eigenvalue weighted by Gasteiger charge is 2.11. The number of nitrogens with two attached hydrogens (primary N) is 1. The van der Waals surface area contributed by atoms with Crippen molar-refractivity contribution in [2.24, 2.45) is 5.73 Å². The molecule has 0 heterocycles. The van der Waals surface area contributed by atoms with Gasteiger partial charge in [-0.05, 0) is 24.1 Å². The number of aliphatic carboxylic acids is 1.